The van der Waals surface area contributed by atoms with E-state index in [9.17, 15) is 4.79 Å². The van der Waals surface area contributed by atoms with Gasteiger partial charge >= 0.3 is 0 Å². The number of amides is 1. The maximum atomic E-state index is 12.5. The van der Waals surface area contributed by atoms with Crippen LogP contribution in [0.2, 0.25) is 0 Å². The number of pyridine rings is 1. The Balaban J connectivity index is 1.57. The predicted molar refractivity (Wildman–Crippen MR) is 101 cm³/mol. The lowest BCUT2D eigenvalue weighted by Gasteiger charge is -2.37. The van der Waals surface area contributed by atoms with Gasteiger partial charge < -0.3 is 4.90 Å². The summed E-state index contributed by atoms with van der Waals surface area (Å²) in [4.78, 5) is 20.8. The van der Waals surface area contributed by atoms with Crippen LogP contribution in [0.4, 0.5) is 0 Å². The number of hydrogen-bond donors (Lipinski definition) is 0. The zero-order valence-electron chi connectivity index (χ0n) is 14.7. The van der Waals surface area contributed by atoms with Crippen molar-refractivity contribution in [2.45, 2.75) is 25.4 Å². The number of aromatic nitrogens is 1. The van der Waals surface area contributed by atoms with Crippen molar-refractivity contribution < 1.29 is 4.79 Å². The predicted octanol–water partition coefficient (Wildman–Crippen LogP) is 3.22. The molecule has 2 aromatic rings. The van der Waals surface area contributed by atoms with Gasteiger partial charge in [-0.1, -0.05) is 30.3 Å². The SMILES string of the molecule is CN(Cc1ccccc1)[C@H]1CCCN(C(=O)/C=C/c2ccncc2)C1. The fourth-order valence-corrected chi connectivity index (χ4v) is 3.26. The molecule has 1 aliphatic heterocycles. The van der Waals surface area contributed by atoms with Crippen LogP contribution in [0.25, 0.3) is 6.08 Å². The highest BCUT2D eigenvalue weighted by Gasteiger charge is 2.25. The van der Waals surface area contributed by atoms with Crippen LogP contribution in [0.15, 0.2) is 60.9 Å². The largest absolute Gasteiger partial charge is 0.338 e. The van der Waals surface area contributed by atoms with E-state index in [-0.39, 0.29) is 5.91 Å². The van der Waals surface area contributed by atoms with E-state index in [1.165, 1.54) is 5.56 Å². The molecule has 0 radical (unpaired) electrons. The Hall–Kier alpha value is -2.46. The molecular weight excluding hydrogens is 310 g/mol. The molecule has 2 heterocycles. The van der Waals surface area contributed by atoms with Gasteiger partial charge in [-0.05, 0) is 49.2 Å². The number of piperidine rings is 1. The zero-order valence-corrected chi connectivity index (χ0v) is 14.7. The molecule has 1 atom stereocenters. The van der Waals surface area contributed by atoms with Gasteiger partial charge in [0.25, 0.3) is 0 Å². The minimum Gasteiger partial charge on any atom is -0.338 e. The number of carbonyl (C=O) groups excluding carboxylic acids is 1. The summed E-state index contributed by atoms with van der Waals surface area (Å²) in [5.74, 6) is 0.0922. The second kappa shape index (κ2) is 8.58. The fourth-order valence-electron chi connectivity index (χ4n) is 3.26. The molecule has 0 spiro atoms. The number of carbonyl (C=O) groups is 1. The average Bonchev–Trinajstić information content (AvgIpc) is 2.68. The molecule has 0 unspecified atom stereocenters. The number of rotatable bonds is 5. The zero-order chi connectivity index (χ0) is 17.5. The van der Waals surface area contributed by atoms with Gasteiger partial charge in [0, 0.05) is 44.1 Å². The van der Waals surface area contributed by atoms with Gasteiger partial charge in [0.2, 0.25) is 5.91 Å². The van der Waals surface area contributed by atoms with Crippen LogP contribution < -0.4 is 0 Å². The summed E-state index contributed by atoms with van der Waals surface area (Å²) in [7, 11) is 2.15. The minimum absolute atomic E-state index is 0.0922. The van der Waals surface area contributed by atoms with Gasteiger partial charge in [-0.25, -0.2) is 0 Å². The average molecular weight is 335 g/mol. The van der Waals surface area contributed by atoms with Crippen molar-refractivity contribution in [1.29, 1.82) is 0 Å². The number of benzene rings is 1. The fraction of sp³-hybridized carbons (Fsp3) is 0.333. The molecule has 4 nitrogen and oxygen atoms in total. The highest BCUT2D eigenvalue weighted by Crippen LogP contribution is 2.17. The summed E-state index contributed by atoms with van der Waals surface area (Å²) in [6.07, 6.45) is 9.20. The van der Waals surface area contributed by atoms with Crippen LogP contribution in [-0.2, 0) is 11.3 Å². The van der Waals surface area contributed by atoms with E-state index in [0.29, 0.717) is 6.04 Å². The maximum absolute atomic E-state index is 12.5. The second-order valence-electron chi connectivity index (χ2n) is 6.59. The first-order valence-corrected chi connectivity index (χ1v) is 8.83. The van der Waals surface area contributed by atoms with Crippen molar-refractivity contribution in [3.63, 3.8) is 0 Å². The first-order valence-electron chi connectivity index (χ1n) is 8.83. The van der Waals surface area contributed by atoms with Gasteiger partial charge in [-0.2, -0.15) is 0 Å². The van der Waals surface area contributed by atoms with Crippen molar-refractivity contribution >= 4 is 12.0 Å². The van der Waals surface area contributed by atoms with E-state index in [2.05, 4.69) is 41.2 Å². The molecule has 1 aromatic carbocycles. The summed E-state index contributed by atoms with van der Waals surface area (Å²) in [6, 6.07) is 14.7. The smallest absolute Gasteiger partial charge is 0.246 e. The molecule has 0 N–H and O–H groups in total. The topological polar surface area (TPSA) is 36.4 Å². The Labute approximate surface area is 149 Å². The molecule has 0 saturated carbocycles. The lowest BCUT2D eigenvalue weighted by molar-refractivity contribution is -0.128. The van der Waals surface area contributed by atoms with Crippen LogP contribution in [-0.4, -0.2) is 46.9 Å². The Kier molecular flexibility index (Phi) is 5.96. The molecule has 1 fully saturated rings. The van der Waals surface area contributed by atoms with Crippen molar-refractivity contribution in [3.8, 4) is 0 Å². The van der Waals surface area contributed by atoms with Gasteiger partial charge in [0.05, 0.1) is 0 Å². The molecule has 0 aliphatic carbocycles. The monoisotopic (exact) mass is 335 g/mol. The van der Waals surface area contributed by atoms with Crippen molar-refractivity contribution in [2.75, 3.05) is 20.1 Å². The number of nitrogens with zero attached hydrogens (tertiary/aromatic N) is 3. The van der Waals surface area contributed by atoms with Gasteiger partial charge in [0.15, 0.2) is 0 Å². The molecule has 0 bridgehead atoms. The third kappa shape index (κ3) is 5.00. The lowest BCUT2D eigenvalue weighted by atomic mass is 10.0. The molecule has 25 heavy (non-hydrogen) atoms. The summed E-state index contributed by atoms with van der Waals surface area (Å²) >= 11 is 0. The van der Waals surface area contributed by atoms with Gasteiger partial charge in [-0.15, -0.1) is 0 Å². The first kappa shape index (κ1) is 17.4. The van der Waals surface area contributed by atoms with E-state index in [0.717, 1.165) is 38.0 Å². The van der Waals surface area contributed by atoms with Crippen LogP contribution in [0.3, 0.4) is 0 Å². The summed E-state index contributed by atoms with van der Waals surface area (Å²) in [5, 5.41) is 0. The standard InChI is InChI=1S/C21H25N3O/c1-23(16-19-6-3-2-4-7-19)20-8-5-15-24(17-20)21(25)10-9-18-11-13-22-14-12-18/h2-4,6-7,9-14,20H,5,8,15-17H2,1H3/b10-9+/t20-/m0/s1. The minimum atomic E-state index is 0.0922. The Morgan fingerprint density at radius 3 is 2.76 bits per heavy atom. The van der Waals surface area contributed by atoms with Crippen LogP contribution in [0, 0.1) is 0 Å². The lowest BCUT2D eigenvalue weighted by Crippen LogP contribution is -2.47. The van der Waals surface area contributed by atoms with Crippen molar-refractivity contribution in [3.05, 3.63) is 72.1 Å². The van der Waals surface area contributed by atoms with Crippen molar-refractivity contribution in [1.82, 2.24) is 14.8 Å². The molecule has 4 heteroatoms. The quantitative estimate of drug-likeness (QED) is 0.787. The normalized spacial score (nSPS) is 18.0. The third-order valence-corrected chi connectivity index (χ3v) is 4.73. The van der Waals surface area contributed by atoms with Crippen LogP contribution in [0.1, 0.15) is 24.0 Å². The molecular formula is C21H25N3O. The van der Waals surface area contributed by atoms with E-state index >= 15 is 0 Å². The second-order valence-corrected chi connectivity index (χ2v) is 6.59. The Morgan fingerprint density at radius 1 is 1.24 bits per heavy atom. The van der Waals surface area contributed by atoms with Crippen molar-refractivity contribution in [2.24, 2.45) is 0 Å². The Morgan fingerprint density at radius 2 is 2.00 bits per heavy atom. The number of hydrogen-bond acceptors (Lipinski definition) is 3. The van der Waals surface area contributed by atoms with Crippen LogP contribution >= 0.6 is 0 Å². The number of likely N-dealkylation sites (tertiary alicyclic amines) is 1. The molecule has 3 rings (SSSR count). The highest BCUT2D eigenvalue weighted by atomic mass is 16.2. The first-order chi connectivity index (χ1) is 12.2. The van der Waals surface area contributed by atoms with Crippen LogP contribution in [0.5, 0.6) is 0 Å². The van der Waals surface area contributed by atoms with E-state index in [1.54, 1.807) is 18.5 Å². The Bertz CT molecular complexity index is 700. The number of likely N-dealkylation sites (N-methyl/N-ethyl adjacent to an activating group) is 1. The molecule has 1 amide bonds. The van der Waals surface area contributed by atoms with Gasteiger partial charge in [-0.3, -0.25) is 14.7 Å². The molecule has 1 aliphatic rings. The summed E-state index contributed by atoms with van der Waals surface area (Å²) in [6.45, 7) is 2.55. The summed E-state index contributed by atoms with van der Waals surface area (Å²) in [5.41, 5.74) is 2.31. The van der Waals surface area contributed by atoms with E-state index < -0.39 is 0 Å². The summed E-state index contributed by atoms with van der Waals surface area (Å²) < 4.78 is 0. The van der Waals surface area contributed by atoms with Gasteiger partial charge in [0.1, 0.15) is 0 Å². The van der Waals surface area contributed by atoms with E-state index in [4.69, 9.17) is 0 Å². The molecule has 130 valence electrons. The third-order valence-electron chi connectivity index (χ3n) is 4.73. The molecule has 1 aromatic heterocycles. The highest BCUT2D eigenvalue weighted by molar-refractivity contribution is 5.91. The molecule has 1 saturated heterocycles. The maximum Gasteiger partial charge on any atom is 0.246 e. The van der Waals surface area contributed by atoms with E-state index in [1.807, 2.05) is 29.2 Å².